The third-order valence-corrected chi connectivity index (χ3v) is 1.99. The van der Waals surface area contributed by atoms with Gasteiger partial charge in [-0.15, -0.1) is 0 Å². The number of rotatable bonds is 1. The summed E-state index contributed by atoms with van der Waals surface area (Å²) in [5.74, 6) is 0. The molecule has 0 aliphatic rings. The van der Waals surface area contributed by atoms with Crippen LogP contribution >= 0.6 is 0 Å². The minimum absolute atomic E-state index is 0.635. The van der Waals surface area contributed by atoms with Gasteiger partial charge in [-0.1, -0.05) is 12.1 Å². The molecule has 0 spiro atoms. The zero-order valence-electron chi connectivity index (χ0n) is 7.81. The molecule has 14 heavy (non-hydrogen) atoms. The standard InChI is InChI=1S/C11H9N3/c1-9-6-7-14(13-9)11-5-3-2-4-10(11)8-12/h2-7H,1H3. The topological polar surface area (TPSA) is 41.6 Å². The predicted octanol–water partition coefficient (Wildman–Crippen LogP) is 2.05. The lowest BCUT2D eigenvalue weighted by Crippen LogP contribution is -1.97. The van der Waals surface area contributed by atoms with Crippen molar-refractivity contribution in [3.05, 3.63) is 47.8 Å². The lowest BCUT2D eigenvalue weighted by atomic mass is 10.2. The van der Waals surface area contributed by atoms with Crippen LogP contribution in [0.15, 0.2) is 36.5 Å². The lowest BCUT2D eigenvalue weighted by molar-refractivity contribution is 0.860. The van der Waals surface area contributed by atoms with Crippen LogP contribution in [-0.2, 0) is 0 Å². The average Bonchev–Trinajstić information content (AvgIpc) is 2.65. The Balaban J connectivity index is 2.57. The molecule has 0 fully saturated rings. The first-order valence-electron chi connectivity index (χ1n) is 4.33. The van der Waals surface area contributed by atoms with Crippen molar-refractivity contribution < 1.29 is 0 Å². The summed E-state index contributed by atoms with van der Waals surface area (Å²) in [6.07, 6.45) is 1.85. The first-order chi connectivity index (χ1) is 6.81. The number of para-hydroxylation sites is 1. The van der Waals surface area contributed by atoms with E-state index in [0.29, 0.717) is 5.56 Å². The highest BCUT2D eigenvalue weighted by atomic mass is 15.3. The molecule has 2 aromatic rings. The van der Waals surface area contributed by atoms with Crippen molar-refractivity contribution in [2.75, 3.05) is 0 Å². The highest BCUT2D eigenvalue weighted by Crippen LogP contribution is 2.12. The fraction of sp³-hybridized carbons (Fsp3) is 0.0909. The third kappa shape index (κ3) is 1.38. The second kappa shape index (κ2) is 3.35. The fourth-order valence-corrected chi connectivity index (χ4v) is 1.32. The number of aryl methyl sites for hydroxylation is 1. The lowest BCUT2D eigenvalue weighted by Gasteiger charge is -2.02. The van der Waals surface area contributed by atoms with E-state index >= 15 is 0 Å². The Morgan fingerprint density at radius 2 is 2.07 bits per heavy atom. The van der Waals surface area contributed by atoms with Crippen LogP contribution in [0.5, 0.6) is 0 Å². The van der Waals surface area contributed by atoms with Gasteiger partial charge in [0.2, 0.25) is 0 Å². The van der Waals surface area contributed by atoms with E-state index in [2.05, 4.69) is 11.2 Å². The molecule has 0 bridgehead atoms. The van der Waals surface area contributed by atoms with Gasteiger partial charge >= 0.3 is 0 Å². The molecule has 3 nitrogen and oxygen atoms in total. The van der Waals surface area contributed by atoms with E-state index in [1.54, 1.807) is 10.7 Å². The average molecular weight is 183 g/mol. The predicted molar refractivity (Wildman–Crippen MR) is 53.0 cm³/mol. The van der Waals surface area contributed by atoms with Gasteiger partial charge in [-0.25, -0.2) is 4.68 Å². The quantitative estimate of drug-likeness (QED) is 0.679. The maximum Gasteiger partial charge on any atom is 0.101 e. The molecule has 68 valence electrons. The minimum Gasteiger partial charge on any atom is -0.239 e. The Hall–Kier alpha value is -2.08. The summed E-state index contributed by atoms with van der Waals surface area (Å²) < 4.78 is 1.72. The molecule has 0 aliphatic heterocycles. The van der Waals surface area contributed by atoms with E-state index in [0.717, 1.165) is 11.4 Å². The van der Waals surface area contributed by atoms with Crippen molar-refractivity contribution in [1.29, 1.82) is 5.26 Å². The van der Waals surface area contributed by atoms with E-state index in [1.165, 1.54) is 0 Å². The van der Waals surface area contributed by atoms with Crippen LogP contribution in [-0.4, -0.2) is 9.78 Å². The molecule has 0 radical (unpaired) electrons. The first-order valence-corrected chi connectivity index (χ1v) is 4.33. The molecule has 0 aliphatic carbocycles. The second-order valence-corrected chi connectivity index (χ2v) is 3.03. The zero-order chi connectivity index (χ0) is 9.97. The van der Waals surface area contributed by atoms with E-state index in [-0.39, 0.29) is 0 Å². The number of aromatic nitrogens is 2. The van der Waals surface area contributed by atoms with Gasteiger partial charge in [0.05, 0.1) is 16.9 Å². The maximum absolute atomic E-state index is 8.90. The van der Waals surface area contributed by atoms with Gasteiger partial charge in [-0.3, -0.25) is 0 Å². The van der Waals surface area contributed by atoms with Gasteiger partial charge in [0.15, 0.2) is 0 Å². The van der Waals surface area contributed by atoms with Crippen molar-refractivity contribution in [1.82, 2.24) is 9.78 Å². The Bertz CT molecular complexity index is 491. The molecule has 0 saturated carbocycles. The number of hydrogen-bond donors (Lipinski definition) is 0. The van der Waals surface area contributed by atoms with E-state index < -0.39 is 0 Å². The van der Waals surface area contributed by atoms with Crippen LogP contribution in [0, 0.1) is 18.3 Å². The van der Waals surface area contributed by atoms with Crippen molar-refractivity contribution in [2.24, 2.45) is 0 Å². The molecule has 0 atom stereocenters. The monoisotopic (exact) mass is 183 g/mol. The Morgan fingerprint density at radius 1 is 1.29 bits per heavy atom. The molecule has 2 rings (SSSR count). The van der Waals surface area contributed by atoms with Gasteiger partial charge in [-0.05, 0) is 25.1 Å². The van der Waals surface area contributed by atoms with Crippen LogP contribution < -0.4 is 0 Å². The normalized spacial score (nSPS) is 9.71. The Morgan fingerprint density at radius 3 is 2.71 bits per heavy atom. The smallest absolute Gasteiger partial charge is 0.101 e. The summed E-state index contributed by atoms with van der Waals surface area (Å²) in [5, 5.41) is 13.2. The summed E-state index contributed by atoms with van der Waals surface area (Å²) in [4.78, 5) is 0. The molecule has 0 N–H and O–H groups in total. The van der Waals surface area contributed by atoms with Crippen LogP contribution in [0.1, 0.15) is 11.3 Å². The van der Waals surface area contributed by atoms with Crippen molar-refractivity contribution in [3.63, 3.8) is 0 Å². The molecule has 0 saturated heterocycles. The van der Waals surface area contributed by atoms with Crippen molar-refractivity contribution in [2.45, 2.75) is 6.92 Å². The van der Waals surface area contributed by atoms with Gasteiger partial charge in [-0.2, -0.15) is 10.4 Å². The molecule has 1 aromatic carbocycles. The van der Waals surface area contributed by atoms with Crippen LogP contribution in [0.3, 0.4) is 0 Å². The van der Waals surface area contributed by atoms with Crippen LogP contribution in [0.25, 0.3) is 5.69 Å². The number of hydrogen-bond acceptors (Lipinski definition) is 2. The number of nitriles is 1. The summed E-state index contributed by atoms with van der Waals surface area (Å²) in [6, 6.07) is 11.5. The van der Waals surface area contributed by atoms with E-state index in [9.17, 15) is 0 Å². The van der Waals surface area contributed by atoms with Crippen LogP contribution in [0.2, 0.25) is 0 Å². The SMILES string of the molecule is Cc1ccn(-c2ccccc2C#N)n1. The molecule has 3 heteroatoms. The van der Waals surface area contributed by atoms with Gasteiger partial charge in [0.25, 0.3) is 0 Å². The maximum atomic E-state index is 8.90. The van der Waals surface area contributed by atoms with E-state index in [1.807, 2.05) is 37.4 Å². The van der Waals surface area contributed by atoms with Crippen molar-refractivity contribution >= 4 is 0 Å². The highest BCUT2D eigenvalue weighted by Gasteiger charge is 2.03. The van der Waals surface area contributed by atoms with Crippen LogP contribution in [0.4, 0.5) is 0 Å². The Kier molecular flexibility index (Phi) is 2.04. The third-order valence-electron chi connectivity index (χ3n) is 1.99. The van der Waals surface area contributed by atoms with E-state index in [4.69, 9.17) is 5.26 Å². The molecule has 1 aromatic heterocycles. The van der Waals surface area contributed by atoms with Crippen molar-refractivity contribution in [3.8, 4) is 11.8 Å². The second-order valence-electron chi connectivity index (χ2n) is 3.03. The van der Waals surface area contributed by atoms with Gasteiger partial charge in [0, 0.05) is 6.20 Å². The highest BCUT2D eigenvalue weighted by molar-refractivity contribution is 5.47. The summed E-state index contributed by atoms with van der Waals surface area (Å²) in [6.45, 7) is 1.92. The molecule has 0 amide bonds. The number of nitrogens with zero attached hydrogens (tertiary/aromatic N) is 3. The summed E-state index contributed by atoms with van der Waals surface area (Å²) in [7, 11) is 0. The fourth-order valence-electron chi connectivity index (χ4n) is 1.32. The largest absolute Gasteiger partial charge is 0.239 e. The minimum atomic E-state index is 0.635. The molecule has 1 heterocycles. The zero-order valence-corrected chi connectivity index (χ0v) is 7.81. The molecular formula is C11H9N3. The molecular weight excluding hydrogens is 174 g/mol. The Labute approximate surface area is 82.2 Å². The number of benzene rings is 1. The van der Waals surface area contributed by atoms with Gasteiger partial charge < -0.3 is 0 Å². The first kappa shape index (κ1) is 8.52. The molecule has 0 unspecified atom stereocenters. The summed E-state index contributed by atoms with van der Waals surface area (Å²) >= 11 is 0. The van der Waals surface area contributed by atoms with Gasteiger partial charge in [0.1, 0.15) is 6.07 Å². The summed E-state index contributed by atoms with van der Waals surface area (Å²) in [5.41, 5.74) is 2.40.